The van der Waals surface area contributed by atoms with E-state index in [9.17, 15) is 9.59 Å². The van der Waals surface area contributed by atoms with Crippen molar-refractivity contribution in [2.24, 2.45) is 0 Å². The third-order valence-corrected chi connectivity index (χ3v) is 4.66. The standard InChI is InChI=1S/C22H26N4O2/c1-17(27)23-19-6-3-18(4-7-19)5-12-22(28)24-20-8-10-21(11-9-20)26-15-13-25(2)14-16-26/h3-12H,13-16H2,1-2H3,(H,23,27)(H,24,28)/b12-5+. The molecule has 0 radical (unpaired) electrons. The summed E-state index contributed by atoms with van der Waals surface area (Å²) in [5.74, 6) is -0.292. The van der Waals surface area contributed by atoms with Crippen LogP contribution in [0.5, 0.6) is 0 Å². The van der Waals surface area contributed by atoms with Crippen molar-refractivity contribution in [1.82, 2.24) is 4.90 Å². The second-order valence-corrected chi connectivity index (χ2v) is 6.96. The van der Waals surface area contributed by atoms with Gasteiger partial charge in [-0.1, -0.05) is 12.1 Å². The van der Waals surface area contributed by atoms with E-state index in [1.807, 2.05) is 36.4 Å². The molecule has 28 heavy (non-hydrogen) atoms. The Morgan fingerprint density at radius 2 is 1.43 bits per heavy atom. The van der Waals surface area contributed by atoms with Gasteiger partial charge in [-0.05, 0) is 55.1 Å². The summed E-state index contributed by atoms with van der Waals surface area (Å²) in [6.45, 7) is 5.64. The van der Waals surface area contributed by atoms with E-state index in [1.165, 1.54) is 18.7 Å². The Morgan fingerprint density at radius 3 is 2.04 bits per heavy atom. The van der Waals surface area contributed by atoms with Crippen LogP contribution in [0.25, 0.3) is 6.08 Å². The van der Waals surface area contributed by atoms with Crippen molar-refractivity contribution in [3.8, 4) is 0 Å². The van der Waals surface area contributed by atoms with Gasteiger partial charge in [0, 0.05) is 56.2 Å². The number of piperazine rings is 1. The lowest BCUT2D eigenvalue weighted by molar-refractivity contribution is -0.114. The molecule has 2 aromatic rings. The van der Waals surface area contributed by atoms with Crippen LogP contribution in [0.1, 0.15) is 12.5 Å². The van der Waals surface area contributed by atoms with Crippen LogP contribution < -0.4 is 15.5 Å². The summed E-state index contributed by atoms with van der Waals surface area (Å²) in [6.07, 6.45) is 3.24. The molecule has 0 unspecified atom stereocenters. The highest BCUT2D eigenvalue weighted by Gasteiger charge is 2.13. The molecule has 2 N–H and O–H groups in total. The first-order valence-electron chi connectivity index (χ1n) is 9.40. The fraction of sp³-hybridized carbons (Fsp3) is 0.273. The number of carbonyl (C=O) groups is 2. The summed E-state index contributed by atoms with van der Waals surface area (Å²) in [6, 6.07) is 15.3. The number of carbonyl (C=O) groups excluding carboxylic acids is 2. The molecule has 1 saturated heterocycles. The maximum absolute atomic E-state index is 12.2. The van der Waals surface area contributed by atoms with Gasteiger partial charge in [-0.2, -0.15) is 0 Å². The van der Waals surface area contributed by atoms with E-state index in [-0.39, 0.29) is 11.8 Å². The minimum Gasteiger partial charge on any atom is -0.369 e. The van der Waals surface area contributed by atoms with Crippen LogP contribution >= 0.6 is 0 Å². The first-order chi connectivity index (χ1) is 13.5. The van der Waals surface area contributed by atoms with Crippen molar-refractivity contribution in [3.63, 3.8) is 0 Å². The smallest absolute Gasteiger partial charge is 0.248 e. The molecule has 1 fully saturated rings. The van der Waals surface area contributed by atoms with Gasteiger partial charge >= 0.3 is 0 Å². The van der Waals surface area contributed by atoms with Crippen molar-refractivity contribution in [3.05, 3.63) is 60.2 Å². The van der Waals surface area contributed by atoms with Gasteiger partial charge in [0.25, 0.3) is 0 Å². The van der Waals surface area contributed by atoms with E-state index in [0.29, 0.717) is 0 Å². The minimum atomic E-state index is -0.182. The molecule has 0 spiro atoms. The monoisotopic (exact) mass is 378 g/mol. The molecule has 6 heteroatoms. The van der Waals surface area contributed by atoms with E-state index in [0.717, 1.165) is 43.1 Å². The summed E-state index contributed by atoms with van der Waals surface area (Å²) in [5.41, 5.74) is 3.57. The normalized spacial score (nSPS) is 14.9. The fourth-order valence-corrected chi connectivity index (χ4v) is 3.06. The van der Waals surface area contributed by atoms with Gasteiger partial charge in [-0.25, -0.2) is 0 Å². The summed E-state index contributed by atoms with van der Waals surface area (Å²) < 4.78 is 0. The molecular formula is C22H26N4O2. The number of anilines is 3. The lowest BCUT2D eigenvalue weighted by Crippen LogP contribution is -2.44. The molecule has 1 aliphatic heterocycles. The number of likely N-dealkylation sites (N-methyl/N-ethyl adjacent to an activating group) is 1. The summed E-state index contributed by atoms with van der Waals surface area (Å²) >= 11 is 0. The molecule has 0 bridgehead atoms. The molecule has 146 valence electrons. The molecule has 0 aromatic heterocycles. The number of nitrogens with one attached hydrogen (secondary N) is 2. The highest BCUT2D eigenvalue weighted by Crippen LogP contribution is 2.19. The molecule has 0 saturated carbocycles. The number of amides is 2. The zero-order valence-electron chi connectivity index (χ0n) is 16.3. The second kappa shape index (κ2) is 9.19. The van der Waals surface area contributed by atoms with E-state index in [4.69, 9.17) is 0 Å². The molecule has 1 aliphatic rings. The molecular weight excluding hydrogens is 352 g/mol. The van der Waals surface area contributed by atoms with Crippen molar-refractivity contribution in [2.45, 2.75) is 6.92 Å². The van der Waals surface area contributed by atoms with Gasteiger partial charge < -0.3 is 20.4 Å². The quantitative estimate of drug-likeness (QED) is 0.785. The van der Waals surface area contributed by atoms with Crippen LogP contribution in [0.2, 0.25) is 0 Å². The lowest BCUT2D eigenvalue weighted by Gasteiger charge is -2.34. The molecule has 6 nitrogen and oxygen atoms in total. The van der Waals surface area contributed by atoms with Gasteiger partial charge in [0.1, 0.15) is 0 Å². The van der Waals surface area contributed by atoms with Crippen LogP contribution in [-0.2, 0) is 9.59 Å². The van der Waals surface area contributed by atoms with Crippen molar-refractivity contribution in [1.29, 1.82) is 0 Å². The Hall–Kier alpha value is -3.12. The fourth-order valence-electron chi connectivity index (χ4n) is 3.06. The maximum Gasteiger partial charge on any atom is 0.248 e. The van der Waals surface area contributed by atoms with Crippen LogP contribution in [0.15, 0.2) is 54.6 Å². The second-order valence-electron chi connectivity index (χ2n) is 6.96. The number of hydrogen-bond donors (Lipinski definition) is 2. The van der Waals surface area contributed by atoms with Gasteiger partial charge in [0.2, 0.25) is 11.8 Å². The third-order valence-electron chi connectivity index (χ3n) is 4.66. The minimum absolute atomic E-state index is 0.110. The molecule has 1 heterocycles. The highest BCUT2D eigenvalue weighted by molar-refractivity contribution is 6.02. The first kappa shape index (κ1) is 19.6. The van der Waals surface area contributed by atoms with Gasteiger partial charge in [-0.15, -0.1) is 0 Å². The van der Waals surface area contributed by atoms with Gasteiger partial charge in [0.05, 0.1) is 0 Å². The average molecular weight is 378 g/mol. The molecule has 2 aromatic carbocycles. The van der Waals surface area contributed by atoms with E-state index >= 15 is 0 Å². The Labute approximate surface area is 165 Å². The average Bonchev–Trinajstić information content (AvgIpc) is 2.68. The zero-order chi connectivity index (χ0) is 19.9. The molecule has 2 amide bonds. The number of benzene rings is 2. The van der Waals surface area contributed by atoms with E-state index < -0.39 is 0 Å². The Balaban J connectivity index is 1.53. The Bertz CT molecular complexity index is 836. The van der Waals surface area contributed by atoms with Crippen LogP contribution in [-0.4, -0.2) is 49.9 Å². The van der Waals surface area contributed by atoms with Crippen molar-refractivity contribution in [2.75, 3.05) is 48.8 Å². The number of rotatable bonds is 5. The van der Waals surface area contributed by atoms with E-state index in [1.54, 1.807) is 18.2 Å². The molecule has 3 rings (SSSR count). The summed E-state index contributed by atoms with van der Waals surface area (Å²) in [5, 5.41) is 5.59. The Morgan fingerprint density at radius 1 is 0.857 bits per heavy atom. The predicted molar refractivity (Wildman–Crippen MR) is 115 cm³/mol. The topological polar surface area (TPSA) is 64.7 Å². The SMILES string of the molecule is CC(=O)Nc1ccc(/C=C/C(=O)Nc2ccc(N3CCN(C)CC3)cc2)cc1. The van der Waals surface area contributed by atoms with Crippen molar-refractivity contribution < 1.29 is 9.59 Å². The molecule has 0 aliphatic carbocycles. The predicted octanol–water partition coefficient (Wildman–Crippen LogP) is 3.05. The largest absolute Gasteiger partial charge is 0.369 e. The number of hydrogen-bond acceptors (Lipinski definition) is 4. The maximum atomic E-state index is 12.2. The summed E-state index contributed by atoms with van der Waals surface area (Å²) in [4.78, 5) is 27.9. The first-order valence-corrected chi connectivity index (χ1v) is 9.40. The van der Waals surface area contributed by atoms with Crippen LogP contribution in [0, 0.1) is 0 Å². The summed E-state index contributed by atoms with van der Waals surface area (Å²) in [7, 11) is 2.14. The highest BCUT2D eigenvalue weighted by atomic mass is 16.2. The number of nitrogens with zero attached hydrogens (tertiary/aromatic N) is 2. The van der Waals surface area contributed by atoms with Crippen LogP contribution in [0.3, 0.4) is 0 Å². The van der Waals surface area contributed by atoms with Crippen LogP contribution in [0.4, 0.5) is 17.1 Å². The zero-order valence-corrected chi connectivity index (χ0v) is 16.3. The van der Waals surface area contributed by atoms with Gasteiger partial charge in [-0.3, -0.25) is 9.59 Å². The van der Waals surface area contributed by atoms with Gasteiger partial charge in [0.15, 0.2) is 0 Å². The van der Waals surface area contributed by atoms with Crippen molar-refractivity contribution >= 4 is 35.0 Å². The molecule has 0 atom stereocenters. The lowest BCUT2D eigenvalue weighted by atomic mass is 10.2. The third kappa shape index (κ3) is 5.69. The van der Waals surface area contributed by atoms with E-state index in [2.05, 4.69) is 27.5 Å². The Kier molecular flexibility index (Phi) is 6.45.